The Labute approximate surface area is 108 Å². The van der Waals surface area contributed by atoms with Gasteiger partial charge in [-0.15, -0.1) is 23.1 Å². The number of aromatic nitrogens is 1. The fraction of sp³-hybridized carbons (Fsp3) is 0.636. The Morgan fingerprint density at radius 2 is 2.19 bits per heavy atom. The molecular formula is C11H13NOS3. The minimum atomic E-state index is 0.318. The largest absolute Gasteiger partial charge is 0.293 e. The van der Waals surface area contributed by atoms with E-state index in [-0.39, 0.29) is 0 Å². The van der Waals surface area contributed by atoms with Gasteiger partial charge in [-0.1, -0.05) is 0 Å². The molecule has 1 saturated heterocycles. The van der Waals surface area contributed by atoms with E-state index in [9.17, 15) is 4.79 Å². The summed E-state index contributed by atoms with van der Waals surface area (Å²) in [6.45, 7) is 0. The molecule has 2 nitrogen and oxygen atoms in total. The van der Waals surface area contributed by atoms with Crippen LogP contribution in [0.1, 0.15) is 38.5 Å². The van der Waals surface area contributed by atoms with Crippen LogP contribution in [0.4, 0.5) is 0 Å². The smallest absolute Gasteiger partial charge is 0.174 e. The van der Waals surface area contributed by atoms with Crippen molar-refractivity contribution >= 4 is 40.6 Å². The SMILES string of the molecule is O=C1CCCc2nc(C3CSCCS3)sc21. The van der Waals surface area contributed by atoms with Crippen molar-refractivity contribution in [3.63, 3.8) is 0 Å². The normalized spacial score (nSPS) is 25.5. The summed E-state index contributed by atoms with van der Waals surface area (Å²) in [5, 5.41) is 1.72. The zero-order valence-electron chi connectivity index (χ0n) is 8.90. The number of rotatable bonds is 1. The second kappa shape index (κ2) is 4.70. The highest BCUT2D eigenvalue weighted by molar-refractivity contribution is 8.06. The number of nitrogens with zero attached hydrogens (tertiary/aromatic N) is 1. The van der Waals surface area contributed by atoms with Crippen LogP contribution in [0.5, 0.6) is 0 Å². The Morgan fingerprint density at radius 1 is 1.25 bits per heavy atom. The average molecular weight is 271 g/mol. The lowest BCUT2D eigenvalue weighted by molar-refractivity contribution is 0.0976. The molecule has 86 valence electrons. The van der Waals surface area contributed by atoms with Crippen LogP contribution in [0.3, 0.4) is 0 Å². The molecule has 5 heteroatoms. The number of carbonyl (C=O) groups is 1. The molecule has 1 fully saturated rings. The molecule has 2 heterocycles. The molecule has 1 aliphatic heterocycles. The molecule has 1 aliphatic carbocycles. The fourth-order valence-electron chi connectivity index (χ4n) is 2.06. The predicted octanol–water partition coefficient (Wildman–Crippen LogP) is 3.18. The van der Waals surface area contributed by atoms with E-state index >= 15 is 0 Å². The van der Waals surface area contributed by atoms with E-state index in [2.05, 4.69) is 4.98 Å². The van der Waals surface area contributed by atoms with Crippen molar-refractivity contribution in [3.05, 3.63) is 15.6 Å². The lowest BCUT2D eigenvalue weighted by Crippen LogP contribution is -2.08. The first-order valence-corrected chi connectivity index (χ1v) is 8.59. The first kappa shape index (κ1) is 11.1. The number of thioether (sulfide) groups is 2. The molecule has 2 aliphatic rings. The molecule has 3 rings (SSSR count). The Hall–Kier alpha value is -0.0000000000000000833. The number of thiazole rings is 1. The van der Waals surface area contributed by atoms with Crippen LogP contribution < -0.4 is 0 Å². The Bertz CT molecular complexity index is 409. The molecular weight excluding hydrogens is 258 g/mol. The van der Waals surface area contributed by atoms with E-state index in [0.717, 1.165) is 35.6 Å². The maximum atomic E-state index is 11.7. The molecule has 16 heavy (non-hydrogen) atoms. The van der Waals surface area contributed by atoms with Crippen molar-refractivity contribution in [1.82, 2.24) is 4.98 Å². The molecule has 0 amide bonds. The highest BCUT2D eigenvalue weighted by Gasteiger charge is 2.26. The summed E-state index contributed by atoms with van der Waals surface area (Å²) in [6, 6.07) is 0. The second-order valence-corrected chi connectivity index (χ2v) is 7.53. The molecule has 0 N–H and O–H groups in total. The number of hydrogen-bond acceptors (Lipinski definition) is 5. The molecule has 0 spiro atoms. The zero-order valence-corrected chi connectivity index (χ0v) is 11.3. The van der Waals surface area contributed by atoms with Crippen molar-refractivity contribution in [1.29, 1.82) is 0 Å². The Balaban J connectivity index is 1.88. The van der Waals surface area contributed by atoms with E-state index < -0.39 is 0 Å². The summed E-state index contributed by atoms with van der Waals surface area (Å²) in [5.41, 5.74) is 1.08. The molecule has 1 aromatic rings. The summed E-state index contributed by atoms with van der Waals surface area (Å²) in [7, 11) is 0. The van der Waals surface area contributed by atoms with Gasteiger partial charge >= 0.3 is 0 Å². The van der Waals surface area contributed by atoms with Gasteiger partial charge in [0.1, 0.15) is 5.01 Å². The third-order valence-electron chi connectivity index (χ3n) is 2.88. The monoisotopic (exact) mass is 271 g/mol. The summed E-state index contributed by atoms with van der Waals surface area (Å²) in [5.74, 6) is 3.95. The van der Waals surface area contributed by atoms with Gasteiger partial charge in [0.2, 0.25) is 0 Å². The molecule has 0 aromatic carbocycles. The maximum absolute atomic E-state index is 11.7. The van der Waals surface area contributed by atoms with Crippen LogP contribution in [0.2, 0.25) is 0 Å². The van der Waals surface area contributed by atoms with Crippen molar-refractivity contribution in [2.75, 3.05) is 17.3 Å². The Kier molecular flexibility index (Phi) is 3.27. The van der Waals surface area contributed by atoms with Crippen molar-refractivity contribution in [2.24, 2.45) is 0 Å². The van der Waals surface area contributed by atoms with Crippen molar-refractivity contribution in [3.8, 4) is 0 Å². The summed E-state index contributed by atoms with van der Waals surface area (Å²) in [4.78, 5) is 17.4. The number of Topliss-reactive ketones (excluding diaryl/α,β-unsaturated/α-hetero) is 1. The molecule has 1 unspecified atom stereocenters. The number of aryl methyl sites for hydroxylation is 1. The lowest BCUT2D eigenvalue weighted by atomic mass is 10.0. The van der Waals surface area contributed by atoms with Crippen molar-refractivity contribution in [2.45, 2.75) is 24.5 Å². The molecule has 0 saturated carbocycles. The van der Waals surface area contributed by atoms with Gasteiger partial charge in [0.25, 0.3) is 0 Å². The van der Waals surface area contributed by atoms with E-state index in [0.29, 0.717) is 11.0 Å². The summed E-state index contributed by atoms with van der Waals surface area (Å²) < 4.78 is 0. The van der Waals surface area contributed by atoms with Gasteiger partial charge in [-0.2, -0.15) is 11.8 Å². The van der Waals surface area contributed by atoms with Gasteiger partial charge < -0.3 is 0 Å². The molecule has 0 radical (unpaired) electrons. The first-order valence-electron chi connectivity index (χ1n) is 5.57. The number of carbonyl (C=O) groups excluding carboxylic acids is 1. The van der Waals surface area contributed by atoms with Crippen LogP contribution in [-0.2, 0) is 6.42 Å². The van der Waals surface area contributed by atoms with Gasteiger partial charge in [0, 0.05) is 23.7 Å². The summed E-state index contributed by atoms with van der Waals surface area (Å²) >= 11 is 5.66. The van der Waals surface area contributed by atoms with Gasteiger partial charge in [-0.3, -0.25) is 4.79 Å². The van der Waals surface area contributed by atoms with Crippen LogP contribution in [0, 0.1) is 0 Å². The van der Waals surface area contributed by atoms with Gasteiger partial charge in [0.15, 0.2) is 5.78 Å². The summed E-state index contributed by atoms with van der Waals surface area (Å²) in [6.07, 6.45) is 2.71. The van der Waals surface area contributed by atoms with Gasteiger partial charge in [-0.05, 0) is 12.8 Å². The van der Waals surface area contributed by atoms with Crippen LogP contribution in [0.25, 0.3) is 0 Å². The van der Waals surface area contributed by atoms with Gasteiger partial charge in [-0.25, -0.2) is 4.98 Å². The highest BCUT2D eigenvalue weighted by atomic mass is 32.2. The first-order chi connectivity index (χ1) is 7.84. The number of ketones is 1. The van der Waals surface area contributed by atoms with Crippen LogP contribution >= 0.6 is 34.9 Å². The minimum absolute atomic E-state index is 0.318. The molecule has 0 bridgehead atoms. The topological polar surface area (TPSA) is 30.0 Å². The van der Waals surface area contributed by atoms with Gasteiger partial charge in [0.05, 0.1) is 15.8 Å². The number of fused-ring (bicyclic) bond motifs is 1. The standard InChI is InChI=1S/C11H13NOS3/c13-8-3-1-2-7-10(8)16-11(12-7)9-6-14-4-5-15-9/h9H,1-6H2. The minimum Gasteiger partial charge on any atom is -0.293 e. The van der Waals surface area contributed by atoms with Crippen molar-refractivity contribution < 1.29 is 4.79 Å². The maximum Gasteiger partial charge on any atom is 0.174 e. The Morgan fingerprint density at radius 3 is 2.94 bits per heavy atom. The van der Waals surface area contributed by atoms with E-state index in [4.69, 9.17) is 0 Å². The van der Waals surface area contributed by atoms with Crippen LogP contribution in [0.15, 0.2) is 0 Å². The average Bonchev–Trinajstić information content (AvgIpc) is 2.76. The predicted molar refractivity (Wildman–Crippen MR) is 71.9 cm³/mol. The molecule has 1 atom stereocenters. The fourth-order valence-corrected chi connectivity index (χ4v) is 6.12. The lowest BCUT2D eigenvalue weighted by Gasteiger charge is -2.18. The van der Waals surface area contributed by atoms with E-state index in [1.54, 1.807) is 11.3 Å². The van der Waals surface area contributed by atoms with E-state index in [1.165, 1.54) is 16.5 Å². The quantitative estimate of drug-likeness (QED) is 0.784. The zero-order chi connectivity index (χ0) is 11.0. The third kappa shape index (κ3) is 2.05. The molecule has 1 aromatic heterocycles. The second-order valence-electron chi connectivity index (χ2n) is 4.04. The van der Waals surface area contributed by atoms with E-state index in [1.807, 2.05) is 23.5 Å². The van der Waals surface area contributed by atoms with Crippen LogP contribution in [-0.4, -0.2) is 28.0 Å². The third-order valence-corrected chi connectivity index (χ3v) is 7.04. The highest BCUT2D eigenvalue weighted by Crippen LogP contribution is 2.40. The number of hydrogen-bond donors (Lipinski definition) is 0.